The molecule has 4 atom stereocenters. The average Bonchev–Trinajstić information content (AvgIpc) is 3.46. The van der Waals surface area contributed by atoms with Gasteiger partial charge in [0.2, 0.25) is 5.91 Å². The number of aromatic nitrogens is 1. The number of nitrogens with zero attached hydrogens (tertiary/aromatic N) is 4. The fourth-order valence-corrected chi connectivity index (χ4v) is 5.85. The van der Waals surface area contributed by atoms with Gasteiger partial charge in [-0.1, -0.05) is 0 Å². The summed E-state index contributed by atoms with van der Waals surface area (Å²) in [6, 6.07) is 7.83. The number of carbonyl (C=O) groups is 1. The van der Waals surface area contributed by atoms with Crippen molar-refractivity contribution in [1.82, 2.24) is 9.88 Å². The molecule has 7 nitrogen and oxygen atoms in total. The molecule has 32 heavy (non-hydrogen) atoms. The Morgan fingerprint density at radius 1 is 1.03 bits per heavy atom. The fraction of sp³-hybridized carbons (Fsp3) is 0.478. The van der Waals surface area contributed by atoms with E-state index in [0.717, 1.165) is 25.3 Å². The molecule has 3 fully saturated rings. The molecule has 1 aromatic carbocycles. The zero-order valence-corrected chi connectivity index (χ0v) is 19.7. The van der Waals surface area contributed by atoms with Crippen molar-refractivity contribution in [2.75, 3.05) is 50.7 Å². The lowest BCUT2D eigenvalue weighted by molar-refractivity contribution is -0.117. The highest BCUT2D eigenvalue weighted by Crippen LogP contribution is 2.38. The first-order valence-electron chi connectivity index (χ1n) is 10.8. The van der Waals surface area contributed by atoms with Gasteiger partial charge in [0.1, 0.15) is 29.0 Å². The molecule has 170 valence electrons. The van der Waals surface area contributed by atoms with Crippen LogP contribution in [0.25, 0.3) is 0 Å². The number of fused-ring (bicyclic) bond motifs is 2. The first-order valence-corrected chi connectivity index (χ1v) is 11.4. The van der Waals surface area contributed by atoms with E-state index in [-0.39, 0.29) is 24.1 Å². The summed E-state index contributed by atoms with van der Waals surface area (Å²) in [6.45, 7) is 2.31. The SMILES string of the molecule is COc1cc(N2C[C@@H](c3c(F)cc(OC)cc3P)CC2=O)nc(N2C[C@@H]3C[C@H]2CN3C)c1. The predicted molar refractivity (Wildman–Crippen MR) is 125 cm³/mol. The predicted octanol–water partition coefficient (Wildman–Crippen LogP) is 2.15. The van der Waals surface area contributed by atoms with Gasteiger partial charge in [-0.15, -0.1) is 9.24 Å². The highest BCUT2D eigenvalue weighted by atomic mass is 31.0. The second-order valence-corrected chi connectivity index (χ2v) is 9.50. The van der Waals surface area contributed by atoms with Gasteiger partial charge in [0.05, 0.1) is 14.2 Å². The maximum Gasteiger partial charge on any atom is 0.228 e. The molecule has 1 unspecified atom stereocenters. The number of rotatable bonds is 5. The minimum Gasteiger partial charge on any atom is -0.497 e. The molecule has 0 spiro atoms. The van der Waals surface area contributed by atoms with Gasteiger partial charge in [-0.05, 0) is 24.8 Å². The number of likely N-dealkylation sites (tertiary alicyclic amines) is 1. The average molecular weight is 458 g/mol. The van der Waals surface area contributed by atoms with Gasteiger partial charge < -0.3 is 14.4 Å². The Morgan fingerprint density at radius 3 is 2.38 bits per heavy atom. The van der Waals surface area contributed by atoms with E-state index in [1.54, 1.807) is 24.1 Å². The maximum absolute atomic E-state index is 14.8. The Kier molecular flexibility index (Phi) is 5.46. The van der Waals surface area contributed by atoms with Crippen molar-refractivity contribution in [2.45, 2.75) is 30.8 Å². The molecule has 0 N–H and O–H groups in total. The minimum absolute atomic E-state index is 0.0657. The Balaban J connectivity index is 1.44. The number of pyridine rings is 1. The molecule has 3 aliphatic rings. The number of likely N-dealkylation sites (N-methyl/N-ethyl adjacent to an activating group) is 1. The molecule has 2 aromatic rings. The summed E-state index contributed by atoms with van der Waals surface area (Å²) in [4.78, 5) is 24.2. The highest BCUT2D eigenvalue weighted by Gasteiger charge is 2.42. The smallest absolute Gasteiger partial charge is 0.228 e. The summed E-state index contributed by atoms with van der Waals surface area (Å²) < 4.78 is 25.5. The Bertz CT molecular complexity index is 1040. The van der Waals surface area contributed by atoms with Crippen molar-refractivity contribution >= 4 is 32.1 Å². The second kappa shape index (κ2) is 8.16. The highest BCUT2D eigenvalue weighted by molar-refractivity contribution is 7.27. The van der Waals surface area contributed by atoms with E-state index in [1.165, 1.54) is 13.2 Å². The summed E-state index contributed by atoms with van der Waals surface area (Å²) >= 11 is 0. The van der Waals surface area contributed by atoms with Gasteiger partial charge in [-0.25, -0.2) is 9.37 Å². The van der Waals surface area contributed by atoms with Crippen LogP contribution in [0.3, 0.4) is 0 Å². The quantitative estimate of drug-likeness (QED) is 0.641. The van der Waals surface area contributed by atoms with Crippen LogP contribution in [-0.2, 0) is 4.79 Å². The zero-order valence-electron chi connectivity index (χ0n) is 18.5. The summed E-state index contributed by atoms with van der Waals surface area (Å²) in [5.74, 6) is 1.84. The third-order valence-electron chi connectivity index (χ3n) is 7.00. The number of hydrogen-bond donors (Lipinski definition) is 0. The molecular weight excluding hydrogens is 430 g/mol. The van der Waals surface area contributed by atoms with Crippen molar-refractivity contribution in [1.29, 1.82) is 0 Å². The second-order valence-electron chi connectivity index (χ2n) is 8.88. The first kappa shape index (κ1) is 21.4. The summed E-state index contributed by atoms with van der Waals surface area (Å²) in [5, 5.41) is 0.706. The van der Waals surface area contributed by atoms with Crippen molar-refractivity contribution in [3.8, 4) is 11.5 Å². The molecule has 3 aliphatic heterocycles. The number of ether oxygens (including phenoxy) is 2. The molecule has 0 aliphatic carbocycles. The first-order chi connectivity index (χ1) is 15.4. The van der Waals surface area contributed by atoms with Crippen LogP contribution in [0.4, 0.5) is 16.0 Å². The molecule has 5 rings (SSSR count). The van der Waals surface area contributed by atoms with Crippen LogP contribution in [0, 0.1) is 5.82 Å². The number of halogens is 1. The number of piperazine rings is 1. The standard InChI is InChI=1S/C23H28FN4O3P/c1-26-11-15-5-14(26)12-27(15)20-8-17(31-3)9-21(25-20)28-10-13(4-22(28)29)23-18(24)6-16(30-2)7-19(23)32/h6-9,13-15H,4-5,10-12,32H2,1-3H3/t13-,14-,15-/m0/s1. The van der Waals surface area contributed by atoms with E-state index in [4.69, 9.17) is 14.5 Å². The van der Waals surface area contributed by atoms with E-state index in [0.29, 0.717) is 46.8 Å². The third kappa shape index (κ3) is 3.59. The van der Waals surface area contributed by atoms with Crippen molar-refractivity contribution in [3.05, 3.63) is 35.6 Å². The van der Waals surface area contributed by atoms with Gasteiger partial charge in [-0.3, -0.25) is 14.6 Å². The third-order valence-corrected chi connectivity index (χ3v) is 7.47. The lowest BCUT2D eigenvalue weighted by Crippen LogP contribution is -2.45. The van der Waals surface area contributed by atoms with Crippen LogP contribution in [0.15, 0.2) is 24.3 Å². The van der Waals surface area contributed by atoms with Gasteiger partial charge in [-0.2, -0.15) is 0 Å². The van der Waals surface area contributed by atoms with Crippen LogP contribution in [0.5, 0.6) is 11.5 Å². The Morgan fingerprint density at radius 2 is 1.75 bits per heavy atom. The lowest BCUT2D eigenvalue weighted by Gasteiger charge is -2.33. The summed E-state index contributed by atoms with van der Waals surface area (Å²) in [7, 11) is 7.86. The zero-order chi connectivity index (χ0) is 22.6. The van der Waals surface area contributed by atoms with Crippen LogP contribution >= 0.6 is 9.24 Å². The molecule has 3 saturated heterocycles. The van der Waals surface area contributed by atoms with Gasteiger partial charge >= 0.3 is 0 Å². The van der Waals surface area contributed by atoms with E-state index in [9.17, 15) is 9.18 Å². The van der Waals surface area contributed by atoms with Crippen molar-refractivity contribution in [2.24, 2.45) is 0 Å². The molecule has 4 heterocycles. The maximum atomic E-state index is 14.8. The number of methoxy groups -OCH3 is 2. The molecule has 0 saturated carbocycles. The fourth-order valence-electron chi connectivity index (χ4n) is 5.31. The number of carbonyl (C=O) groups excluding carboxylic acids is 1. The number of hydrogen-bond acceptors (Lipinski definition) is 6. The monoisotopic (exact) mass is 458 g/mol. The van der Waals surface area contributed by atoms with Crippen molar-refractivity contribution in [3.63, 3.8) is 0 Å². The summed E-state index contributed by atoms with van der Waals surface area (Å²) in [5.41, 5.74) is 0.537. The number of benzene rings is 1. The molecule has 9 heteroatoms. The molecular formula is C23H28FN4O3P. The van der Waals surface area contributed by atoms with Crippen LogP contribution in [0.1, 0.15) is 24.3 Å². The minimum atomic E-state index is -0.356. The van der Waals surface area contributed by atoms with Crippen molar-refractivity contribution < 1.29 is 18.7 Å². The van der Waals surface area contributed by atoms with Gasteiger partial charge in [0, 0.05) is 67.8 Å². The number of anilines is 2. The van der Waals surface area contributed by atoms with E-state index < -0.39 is 0 Å². The molecule has 0 radical (unpaired) electrons. The van der Waals surface area contributed by atoms with Crippen LogP contribution < -0.4 is 24.6 Å². The number of amides is 1. The van der Waals surface area contributed by atoms with E-state index in [2.05, 4.69) is 26.1 Å². The topological polar surface area (TPSA) is 58.1 Å². The van der Waals surface area contributed by atoms with E-state index in [1.807, 2.05) is 6.07 Å². The van der Waals surface area contributed by atoms with Gasteiger partial charge in [0.15, 0.2) is 0 Å². The van der Waals surface area contributed by atoms with Gasteiger partial charge in [0.25, 0.3) is 0 Å². The largest absolute Gasteiger partial charge is 0.497 e. The normalized spacial score (nSPS) is 25.2. The molecule has 1 amide bonds. The molecule has 1 aromatic heterocycles. The summed E-state index contributed by atoms with van der Waals surface area (Å²) in [6.07, 6.45) is 1.36. The Hall–Kier alpha value is -2.44. The Labute approximate surface area is 189 Å². The van der Waals surface area contributed by atoms with Crippen LogP contribution in [-0.4, -0.2) is 68.8 Å². The van der Waals surface area contributed by atoms with E-state index >= 15 is 0 Å². The van der Waals surface area contributed by atoms with Crippen LogP contribution in [0.2, 0.25) is 0 Å². The lowest BCUT2D eigenvalue weighted by atomic mass is 9.97. The molecule has 2 bridgehead atoms.